The highest BCUT2D eigenvalue weighted by molar-refractivity contribution is 8.00. The van der Waals surface area contributed by atoms with Gasteiger partial charge in [-0.2, -0.15) is 0 Å². The number of amides is 3. The largest absolute Gasteiger partial charge is 0.483 e. The first-order valence-electron chi connectivity index (χ1n) is 15.3. The average molecular weight is 672 g/mol. The molecule has 0 radical (unpaired) electrons. The lowest BCUT2D eigenvalue weighted by Gasteiger charge is -2.43. The van der Waals surface area contributed by atoms with Crippen LogP contribution < -0.4 is 19.8 Å². The maximum absolute atomic E-state index is 14.1. The van der Waals surface area contributed by atoms with E-state index < -0.39 is 5.92 Å². The number of halogens is 1. The molecule has 46 heavy (non-hydrogen) atoms. The van der Waals surface area contributed by atoms with E-state index in [-0.39, 0.29) is 64.0 Å². The van der Waals surface area contributed by atoms with E-state index in [9.17, 15) is 19.2 Å². The third-order valence-corrected chi connectivity index (χ3v) is 12.9. The number of thioether (sulfide) groups is 1. The minimum Gasteiger partial charge on any atom is -0.483 e. The van der Waals surface area contributed by atoms with Crippen molar-refractivity contribution >= 4 is 63.8 Å². The van der Waals surface area contributed by atoms with Crippen molar-refractivity contribution in [1.82, 2.24) is 4.98 Å². The minimum atomic E-state index is -0.427. The van der Waals surface area contributed by atoms with Gasteiger partial charge in [0.1, 0.15) is 5.75 Å². The van der Waals surface area contributed by atoms with Crippen molar-refractivity contribution in [3.8, 4) is 5.75 Å². The molecule has 2 N–H and O–H groups in total. The Morgan fingerprint density at radius 2 is 1.74 bits per heavy atom. The van der Waals surface area contributed by atoms with Crippen molar-refractivity contribution in [1.29, 1.82) is 0 Å². The molecule has 4 aromatic rings. The van der Waals surface area contributed by atoms with Crippen LogP contribution in [0.15, 0.2) is 76.6 Å². The molecule has 2 aliphatic heterocycles. The molecule has 7 atom stereocenters. The van der Waals surface area contributed by atoms with Crippen molar-refractivity contribution in [2.45, 2.75) is 36.5 Å². The van der Waals surface area contributed by atoms with Crippen LogP contribution in [-0.4, -0.2) is 34.6 Å². The number of carbonyl (C=O) groups is 3. The van der Waals surface area contributed by atoms with Gasteiger partial charge in [0.2, 0.25) is 11.8 Å². The van der Waals surface area contributed by atoms with Gasteiger partial charge in [-0.1, -0.05) is 58.8 Å². The summed E-state index contributed by atoms with van der Waals surface area (Å²) >= 11 is 9.39. The Kier molecular flexibility index (Phi) is 7.15. The molecule has 1 saturated heterocycles. The zero-order valence-electron chi connectivity index (χ0n) is 25.0. The number of nitrogens with zero attached hydrogens (tertiary/aromatic N) is 1. The van der Waals surface area contributed by atoms with Crippen LogP contribution in [0.3, 0.4) is 0 Å². The summed E-state index contributed by atoms with van der Waals surface area (Å²) in [5.74, 6) is -1.30. The fourth-order valence-corrected chi connectivity index (χ4v) is 11.3. The Balaban J connectivity index is 1.15. The number of aryl methyl sites for hydroxylation is 2. The normalized spacial score (nSPS) is 27.4. The van der Waals surface area contributed by atoms with Gasteiger partial charge in [0.05, 0.1) is 22.5 Å². The van der Waals surface area contributed by atoms with Crippen LogP contribution in [0.1, 0.15) is 33.9 Å². The lowest BCUT2D eigenvalue weighted by molar-refractivity contribution is -0.123. The molecule has 2 aliphatic carbocycles. The number of nitrogens with one attached hydrogen (secondary N) is 2. The number of ether oxygens (including phenoxy) is 1. The second-order valence-electron chi connectivity index (χ2n) is 12.6. The van der Waals surface area contributed by atoms with E-state index in [4.69, 9.17) is 16.3 Å². The number of carbonyl (C=O) groups excluding carboxylic acids is 3. The van der Waals surface area contributed by atoms with E-state index in [2.05, 4.69) is 10.3 Å². The monoisotopic (exact) mass is 671 g/mol. The van der Waals surface area contributed by atoms with Gasteiger partial charge in [0.25, 0.3) is 5.91 Å². The molecular formula is C35H30ClN3O5S2. The summed E-state index contributed by atoms with van der Waals surface area (Å²) < 4.78 is 6.19. The van der Waals surface area contributed by atoms with Gasteiger partial charge < -0.3 is 15.0 Å². The number of H-pyrrole nitrogens is 1. The quantitative estimate of drug-likeness (QED) is 0.230. The number of benzene rings is 3. The summed E-state index contributed by atoms with van der Waals surface area (Å²) in [5, 5.41) is 4.22. The molecule has 11 heteroatoms. The Bertz CT molecular complexity index is 1970. The highest BCUT2D eigenvalue weighted by Crippen LogP contribution is 2.69. The smallest absolute Gasteiger partial charge is 0.305 e. The van der Waals surface area contributed by atoms with Crippen LogP contribution in [0.4, 0.5) is 11.4 Å². The molecule has 234 valence electrons. The molecule has 1 aromatic heterocycles. The number of aromatic amines is 1. The van der Waals surface area contributed by atoms with Crippen molar-refractivity contribution in [2.24, 2.45) is 29.6 Å². The Morgan fingerprint density at radius 3 is 2.50 bits per heavy atom. The lowest BCUT2D eigenvalue weighted by Crippen LogP contribution is -2.42. The maximum atomic E-state index is 14.1. The molecule has 4 aliphatic rings. The van der Waals surface area contributed by atoms with E-state index in [0.29, 0.717) is 22.1 Å². The fraction of sp³-hybridized carbons (Fsp3) is 0.314. The number of rotatable bonds is 6. The summed E-state index contributed by atoms with van der Waals surface area (Å²) in [7, 11) is 0. The molecule has 2 saturated carbocycles. The first-order chi connectivity index (χ1) is 22.2. The van der Waals surface area contributed by atoms with E-state index in [1.54, 1.807) is 23.9 Å². The van der Waals surface area contributed by atoms with Crippen molar-refractivity contribution in [3.05, 3.63) is 103 Å². The minimum absolute atomic E-state index is 0.0138. The number of aromatic nitrogens is 1. The van der Waals surface area contributed by atoms with Gasteiger partial charge in [-0.15, -0.1) is 11.8 Å². The first-order valence-corrected chi connectivity index (χ1v) is 17.4. The summed E-state index contributed by atoms with van der Waals surface area (Å²) in [5.41, 5.74) is 4.10. The molecular weight excluding hydrogens is 642 g/mol. The highest BCUT2D eigenvalue weighted by atomic mass is 35.5. The summed E-state index contributed by atoms with van der Waals surface area (Å²) in [6, 6.07) is 20.4. The number of thiazole rings is 1. The number of hydrogen-bond acceptors (Lipinski definition) is 7. The Labute approximate surface area is 278 Å². The first kappa shape index (κ1) is 29.5. The third kappa shape index (κ3) is 4.64. The average Bonchev–Trinajstić information content (AvgIpc) is 3.77. The standard InChI is InChI=1S/C35H30ClN3O5S2/c1-16-7-10-19(11-8-16)39-33(41)28-21-14-22(29(28)34(39)42)30-27(21)26(31-32(45-30)38-35(43)46-31)20-13-18(36)9-12-24(20)44-15-25(40)37-23-6-4-3-5-17(23)2/h3-13,21-22,26-30H,14-15H2,1-2H3,(H,37,40)(H,38,43)/t21-,22-,26-,27?,28?,29?,30?/m1/s1. The van der Waals surface area contributed by atoms with Crippen LogP contribution >= 0.6 is 34.7 Å². The Hall–Kier alpha value is -3.86. The molecule has 8 rings (SSSR count). The van der Waals surface area contributed by atoms with Crippen LogP contribution in [0.2, 0.25) is 5.02 Å². The van der Waals surface area contributed by atoms with Crippen LogP contribution in [0.5, 0.6) is 5.75 Å². The molecule has 2 bridgehead atoms. The van der Waals surface area contributed by atoms with Gasteiger partial charge in [-0.05, 0) is 80.0 Å². The number of anilines is 2. The molecule has 4 unspecified atom stereocenters. The number of fused-ring (bicyclic) bond motifs is 9. The molecule has 3 heterocycles. The number of para-hydroxylation sites is 1. The van der Waals surface area contributed by atoms with Gasteiger partial charge in [-0.25, -0.2) is 0 Å². The zero-order valence-corrected chi connectivity index (χ0v) is 27.4. The van der Waals surface area contributed by atoms with Gasteiger partial charge in [0.15, 0.2) is 6.61 Å². The van der Waals surface area contributed by atoms with Gasteiger partial charge in [-0.3, -0.25) is 24.1 Å². The number of imide groups is 1. The molecule has 3 fully saturated rings. The molecule has 3 aromatic carbocycles. The predicted molar refractivity (Wildman–Crippen MR) is 179 cm³/mol. The second-order valence-corrected chi connectivity index (χ2v) is 15.3. The van der Waals surface area contributed by atoms with E-state index in [1.165, 1.54) is 4.90 Å². The second kappa shape index (κ2) is 11.1. The summed E-state index contributed by atoms with van der Waals surface area (Å²) in [4.78, 5) is 58.8. The van der Waals surface area contributed by atoms with Crippen LogP contribution in [0, 0.1) is 43.4 Å². The van der Waals surface area contributed by atoms with Gasteiger partial charge in [0, 0.05) is 32.3 Å². The SMILES string of the molecule is Cc1ccc(N2C(=O)C3C(C2=O)[C@@H]2C[C@H]3C3Sc4[nH]c(=O)sc4[C@H](c4cc(Cl)ccc4OCC(=O)Nc4ccccc4C)C32)cc1. The van der Waals surface area contributed by atoms with Crippen molar-refractivity contribution < 1.29 is 19.1 Å². The number of hydrogen-bond donors (Lipinski definition) is 2. The molecule has 3 amide bonds. The Morgan fingerprint density at radius 1 is 1.00 bits per heavy atom. The summed E-state index contributed by atoms with van der Waals surface area (Å²) in [6.45, 7) is 3.68. The fourth-order valence-electron chi connectivity index (χ4n) is 8.25. The van der Waals surface area contributed by atoms with E-state index in [0.717, 1.165) is 44.4 Å². The molecule has 0 spiro atoms. The summed E-state index contributed by atoms with van der Waals surface area (Å²) in [6.07, 6.45) is 0.766. The van der Waals surface area contributed by atoms with E-state index in [1.807, 2.05) is 68.4 Å². The van der Waals surface area contributed by atoms with Crippen LogP contribution in [-0.2, 0) is 14.4 Å². The maximum Gasteiger partial charge on any atom is 0.305 e. The topological polar surface area (TPSA) is 109 Å². The highest BCUT2D eigenvalue weighted by Gasteiger charge is 2.69. The van der Waals surface area contributed by atoms with Crippen molar-refractivity contribution in [2.75, 3.05) is 16.8 Å². The lowest BCUT2D eigenvalue weighted by atomic mass is 9.68. The zero-order chi connectivity index (χ0) is 31.9. The van der Waals surface area contributed by atoms with Gasteiger partial charge >= 0.3 is 4.87 Å². The third-order valence-electron chi connectivity index (χ3n) is 10.1. The van der Waals surface area contributed by atoms with Crippen molar-refractivity contribution in [3.63, 3.8) is 0 Å². The predicted octanol–water partition coefficient (Wildman–Crippen LogP) is 6.40. The van der Waals surface area contributed by atoms with Crippen LogP contribution in [0.25, 0.3) is 0 Å². The van der Waals surface area contributed by atoms with E-state index >= 15 is 0 Å². The molecule has 8 nitrogen and oxygen atoms in total.